The number of nitrogens with one attached hydrogen (secondary N) is 2. The fourth-order valence-corrected chi connectivity index (χ4v) is 12.1. The Morgan fingerprint density at radius 1 is 0.603 bits per heavy atom. The number of nitrogens with zero attached hydrogens (tertiary/aromatic N) is 6. The Bertz CT molecular complexity index is 2960. The van der Waals surface area contributed by atoms with Crippen LogP contribution in [-0.2, 0) is 93.8 Å². The number of rotatable bonds is 12. The average Bonchev–Trinajstić information content (AvgIpc) is 4.17. The SMILES string of the molecule is CC[C@@H]1C2OCC[C@]1(CC)O[C@H]2n1cc(C)c(=O)[nH]c1=O.CC[C@@H]1C2OCC[C@]1(CC)O[C@H]2n1cc(C)c(N)nc1=O.CC[C@@H]1[CH-][C@H](n2ccc(=O)[nH]c2=O)O[C@@H]1CC.CC[C@@H]1[CH-][C@H](n2ccc(N)nc2=O)O[C@@H]1CC.[Y].[Y]. The largest absolute Gasteiger partial charge is 0.389 e. The summed E-state index contributed by atoms with van der Waals surface area (Å²) in [4.78, 5) is 82.3. The van der Waals surface area contributed by atoms with Crippen molar-refractivity contribution in [3.63, 3.8) is 0 Å². The van der Waals surface area contributed by atoms with E-state index in [0.717, 1.165) is 69.8 Å². The fourth-order valence-electron chi connectivity index (χ4n) is 12.1. The number of ether oxygens (including phenoxy) is 6. The Labute approximate surface area is 505 Å². The van der Waals surface area contributed by atoms with E-state index in [9.17, 15) is 28.8 Å². The number of nitrogens with two attached hydrogens (primary N) is 2. The molecule has 6 N–H and O–H groups in total. The molecule has 78 heavy (non-hydrogen) atoms. The van der Waals surface area contributed by atoms with Crippen molar-refractivity contribution in [2.45, 2.75) is 194 Å². The normalized spacial score (nSPS) is 31.3. The van der Waals surface area contributed by atoms with Crippen molar-refractivity contribution in [3.8, 4) is 0 Å². The van der Waals surface area contributed by atoms with Gasteiger partial charge in [-0.15, -0.1) is 11.8 Å². The van der Waals surface area contributed by atoms with Crippen molar-refractivity contribution in [1.29, 1.82) is 0 Å². The summed E-state index contributed by atoms with van der Waals surface area (Å²) in [7, 11) is 0. The van der Waals surface area contributed by atoms with Gasteiger partial charge < -0.3 is 49.0 Å². The zero-order valence-electron chi connectivity index (χ0n) is 46.9. The number of aryl methyl sites for hydroxylation is 2. The summed E-state index contributed by atoms with van der Waals surface area (Å²) in [6.45, 7) is 21.8. The Morgan fingerprint density at radius 3 is 1.53 bits per heavy atom. The van der Waals surface area contributed by atoms with Crippen LogP contribution >= 0.6 is 0 Å². The molecule has 6 saturated heterocycles. The van der Waals surface area contributed by atoms with Gasteiger partial charge in [-0.3, -0.25) is 41.5 Å². The summed E-state index contributed by atoms with van der Waals surface area (Å²) in [5.74, 6) is 1.86. The summed E-state index contributed by atoms with van der Waals surface area (Å²) in [6, 6.07) is 2.94. The second-order valence-corrected chi connectivity index (χ2v) is 20.6. The standard InChI is InChI=1S/C15H23N3O3.C15H22N2O4.C12H18N3O2.C12H17N2O3.2Y/c1-4-10-11-13(21-15(10,5-2)6-7-20-11)18-8-9(3)12(16)17-14(18)19;1-4-10-11-13(21-15(10,5-2)6-7-20-11)17-8-9(3)12(18)16-14(17)19;1-3-8-7-11(17-9(8)4-2)15-6-5-10(13)14-12(15)16;1-3-8-7-11(17-9(8)4-2)14-6-5-10(15)13-12(14)16;;/h8,10-11,13H,4-7H2,1-3H3,(H2,16,17,19);8,10-11,13H,4-7H2,1-3H3,(H,16,18,19);5-9,11H,3-4H2,1-2H3,(H2,13,14,16);5-9,11H,3-4H2,1-2H3,(H,13,15,16);;/q;;2*-1;;/t2*10-,11?,13-,15+;2*8-,9-,11-;;/m1111../s1. The number of hydrogen-bond donors (Lipinski definition) is 4. The van der Waals surface area contributed by atoms with Crippen LogP contribution in [0.2, 0.25) is 0 Å². The maximum Gasteiger partial charge on any atom is 0.351 e. The molecule has 0 aromatic carbocycles. The van der Waals surface area contributed by atoms with Crippen LogP contribution in [0.1, 0.15) is 156 Å². The van der Waals surface area contributed by atoms with Gasteiger partial charge in [0.1, 0.15) is 23.8 Å². The molecule has 4 aromatic rings. The maximum atomic E-state index is 12.2. The Kier molecular flexibility index (Phi) is 24.0. The molecular weight excluding hydrogens is 1160 g/mol. The minimum absolute atomic E-state index is 0. The van der Waals surface area contributed by atoms with Gasteiger partial charge in [-0.05, 0) is 58.4 Å². The third kappa shape index (κ3) is 13.8. The van der Waals surface area contributed by atoms with Crippen molar-refractivity contribution >= 4 is 11.6 Å². The molecule has 426 valence electrons. The van der Waals surface area contributed by atoms with Gasteiger partial charge in [0.05, 0.1) is 11.2 Å². The van der Waals surface area contributed by atoms with Crippen LogP contribution in [0.25, 0.3) is 0 Å². The van der Waals surface area contributed by atoms with Gasteiger partial charge in [0.25, 0.3) is 11.1 Å². The smallest absolute Gasteiger partial charge is 0.351 e. The predicted molar refractivity (Wildman–Crippen MR) is 285 cm³/mol. The molecule has 10 heterocycles. The Balaban J connectivity index is 0.000000191. The van der Waals surface area contributed by atoms with E-state index >= 15 is 0 Å². The van der Waals surface area contributed by atoms with E-state index in [-0.39, 0.29) is 154 Å². The fraction of sp³-hybridized carbons (Fsp3) is 0.667. The van der Waals surface area contributed by atoms with Crippen LogP contribution in [0.15, 0.2) is 65.7 Å². The van der Waals surface area contributed by atoms with Crippen LogP contribution in [0, 0.1) is 50.4 Å². The van der Waals surface area contributed by atoms with Gasteiger partial charge >= 0.3 is 22.8 Å². The molecule has 22 nitrogen and oxygen atoms in total. The van der Waals surface area contributed by atoms with E-state index in [2.05, 4.69) is 81.7 Å². The topological polar surface area (TPSA) is 287 Å². The van der Waals surface area contributed by atoms with E-state index in [1.165, 1.54) is 26.0 Å². The molecule has 4 aromatic heterocycles. The molecule has 2 unspecified atom stereocenters. The molecule has 0 saturated carbocycles. The van der Waals surface area contributed by atoms with Gasteiger partial charge in [-0.2, -0.15) is 9.97 Å². The number of aromatic nitrogens is 8. The summed E-state index contributed by atoms with van der Waals surface area (Å²) in [5, 5.41) is 0. The molecular formula is C54H80N10O12Y2-2. The molecule has 6 aliphatic rings. The monoisotopic (exact) mass is 1240 g/mol. The third-order valence-electron chi connectivity index (χ3n) is 16.4. The number of H-pyrrole nitrogens is 2. The van der Waals surface area contributed by atoms with Gasteiger partial charge in [-0.25, -0.2) is 19.2 Å². The maximum absolute atomic E-state index is 12.2. The van der Waals surface area contributed by atoms with Gasteiger partial charge in [0.15, 0.2) is 12.5 Å². The van der Waals surface area contributed by atoms with Crippen molar-refractivity contribution in [2.24, 2.45) is 23.7 Å². The predicted octanol–water partition coefficient (Wildman–Crippen LogP) is 5.40. The first-order valence-electron chi connectivity index (χ1n) is 27.3. The Morgan fingerprint density at radius 2 is 1.08 bits per heavy atom. The van der Waals surface area contributed by atoms with Crippen molar-refractivity contribution in [1.82, 2.24) is 38.2 Å². The second-order valence-electron chi connectivity index (χ2n) is 20.6. The summed E-state index contributed by atoms with van der Waals surface area (Å²) >= 11 is 0. The van der Waals surface area contributed by atoms with Crippen molar-refractivity contribution in [2.75, 3.05) is 24.7 Å². The number of nitrogen functional groups attached to an aromatic ring is 2. The molecule has 0 aliphatic carbocycles. The van der Waals surface area contributed by atoms with E-state index in [1.54, 1.807) is 36.1 Å². The molecule has 2 radical (unpaired) electrons. The van der Waals surface area contributed by atoms with Crippen LogP contribution in [0.4, 0.5) is 11.6 Å². The minimum atomic E-state index is -0.458. The van der Waals surface area contributed by atoms with E-state index in [0.29, 0.717) is 36.5 Å². The third-order valence-corrected chi connectivity index (χ3v) is 16.4. The number of fused-ring (bicyclic) bond motifs is 4. The van der Waals surface area contributed by atoms with Gasteiger partial charge in [-0.1, -0.05) is 68.2 Å². The van der Waals surface area contributed by atoms with E-state index < -0.39 is 23.8 Å². The van der Waals surface area contributed by atoms with E-state index in [4.69, 9.17) is 39.9 Å². The average molecular weight is 1240 g/mol. The molecule has 14 atom stereocenters. The first kappa shape index (κ1) is 65.5. The molecule has 24 heteroatoms. The zero-order chi connectivity index (χ0) is 55.2. The van der Waals surface area contributed by atoms with Gasteiger partial charge in [0, 0.05) is 170 Å². The summed E-state index contributed by atoms with van der Waals surface area (Å²) < 4.78 is 42.1. The molecule has 6 fully saturated rings. The molecule has 10 rings (SSSR count). The van der Waals surface area contributed by atoms with Crippen LogP contribution < -0.4 is 45.3 Å². The van der Waals surface area contributed by atoms with Crippen molar-refractivity contribution in [3.05, 3.63) is 124 Å². The van der Waals surface area contributed by atoms with Crippen LogP contribution in [0.5, 0.6) is 0 Å². The quantitative estimate of drug-likeness (QED) is 0.129. The summed E-state index contributed by atoms with van der Waals surface area (Å²) in [5.41, 5.74) is 9.70. The molecule has 0 spiro atoms. The first-order valence-corrected chi connectivity index (χ1v) is 27.3. The second kappa shape index (κ2) is 28.6. The van der Waals surface area contributed by atoms with Crippen LogP contribution in [0.3, 0.4) is 0 Å². The van der Waals surface area contributed by atoms with Crippen LogP contribution in [-0.4, -0.2) is 87.0 Å². The molecule has 6 aliphatic heterocycles. The molecule has 0 amide bonds. The summed E-state index contributed by atoms with van der Waals surface area (Å²) in [6.07, 6.45) is 18.5. The molecule has 4 bridgehead atoms. The number of aromatic amines is 2. The zero-order valence-corrected chi connectivity index (χ0v) is 52.6. The van der Waals surface area contributed by atoms with Crippen molar-refractivity contribution < 1.29 is 93.8 Å². The minimum Gasteiger partial charge on any atom is -0.389 e. The van der Waals surface area contributed by atoms with E-state index in [1.807, 2.05) is 13.3 Å². The number of hydrogen-bond acceptors (Lipinski definition) is 16. The van der Waals surface area contributed by atoms with Gasteiger partial charge in [0.2, 0.25) is 0 Å². The number of anilines is 2. The first-order chi connectivity index (χ1) is 36.3. The Hall–Kier alpha value is -3.31.